The molecule has 0 aliphatic carbocycles. The topological polar surface area (TPSA) is 104 Å². The van der Waals surface area contributed by atoms with Crippen molar-refractivity contribution in [1.29, 1.82) is 5.41 Å². The fourth-order valence-corrected chi connectivity index (χ4v) is 2.45. The highest BCUT2D eigenvalue weighted by Crippen LogP contribution is 2.20. The van der Waals surface area contributed by atoms with Gasteiger partial charge in [-0.2, -0.15) is 0 Å². The van der Waals surface area contributed by atoms with Crippen molar-refractivity contribution < 1.29 is 14.1 Å². The highest BCUT2D eigenvalue weighted by molar-refractivity contribution is 7.84. The lowest BCUT2D eigenvalue weighted by Crippen LogP contribution is -2.08. The van der Waals surface area contributed by atoms with E-state index < -0.39 is 16.8 Å². The molecular weight excluding hydrogens is 288 g/mol. The quantitative estimate of drug-likeness (QED) is 0.594. The summed E-state index contributed by atoms with van der Waals surface area (Å²) in [6.45, 7) is 0. The lowest BCUT2D eigenvalue weighted by Gasteiger charge is -2.10. The Bertz CT molecular complexity index is 756. The Morgan fingerprint density at radius 1 is 1.19 bits per heavy atom. The SMILES string of the molecule is CS(=O)c1cccc(C(=N)c2cc(C(=O)O)ccc2N)c1. The maximum absolute atomic E-state index is 11.5. The number of hydrogen-bond donors (Lipinski definition) is 3. The molecule has 0 saturated carbocycles. The molecule has 0 saturated heterocycles. The van der Waals surface area contributed by atoms with E-state index >= 15 is 0 Å². The summed E-state index contributed by atoms with van der Waals surface area (Å²) in [6, 6.07) is 11.0. The molecule has 2 aromatic rings. The Balaban J connectivity index is 2.49. The number of carbonyl (C=O) groups is 1. The van der Waals surface area contributed by atoms with Crippen LogP contribution in [0, 0.1) is 5.41 Å². The third-order valence-corrected chi connectivity index (χ3v) is 3.94. The maximum Gasteiger partial charge on any atom is 0.335 e. The number of benzene rings is 2. The van der Waals surface area contributed by atoms with Gasteiger partial charge in [-0.05, 0) is 30.3 Å². The predicted molar refractivity (Wildman–Crippen MR) is 82.5 cm³/mol. The summed E-state index contributed by atoms with van der Waals surface area (Å²) >= 11 is 0. The number of rotatable bonds is 4. The number of nitrogens with two attached hydrogens (primary N) is 1. The highest BCUT2D eigenvalue weighted by atomic mass is 32.2. The van der Waals surface area contributed by atoms with Crippen molar-refractivity contribution in [3.63, 3.8) is 0 Å². The fourth-order valence-electron chi connectivity index (χ4n) is 1.89. The summed E-state index contributed by atoms with van der Waals surface area (Å²) in [6.07, 6.45) is 1.56. The van der Waals surface area contributed by atoms with Gasteiger partial charge in [-0.25, -0.2) is 4.79 Å². The van der Waals surface area contributed by atoms with E-state index in [0.29, 0.717) is 21.7 Å². The molecule has 4 N–H and O–H groups in total. The molecule has 1 atom stereocenters. The zero-order valence-corrected chi connectivity index (χ0v) is 12.1. The molecule has 21 heavy (non-hydrogen) atoms. The van der Waals surface area contributed by atoms with Crippen LogP contribution in [0.15, 0.2) is 47.4 Å². The second kappa shape index (κ2) is 5.88. The molecule has 108 valence electrons. The van der Waals surface area contributed by atoms with Crippen LogP contribution in [0.3, 0.4) is 0 Å². The zero-order chi connectivity index (χ0) is 15.6. The van der Waals surface area contributed by atoms with E-state index in [1.165, 1.54) is 18.2 Å². The number of aromatic carboxylic acids is 1. The van der Waals surface area contributed by atoms with Crippen molar-refractivity contribution in [2.45, 2.75) is 4.90 Å². The number of nitrogen functional groups attached to an aromatic ring is 1. The smallest absolute Gasteiger partial charge is 0.335 e. The van der Waals surface area contributed by atoms with E-state index in [9.17, 15) is 9.00 Å². The minimum absolute atomic E-state index is 0.0687. The second-order valence-electron chi connectivity index (χ2n) is 4.46. The van der Waals surface area contributed by atoms with Crippen LogP contribution in [0.1, 0.15) is 21.5 Å². The predicted octanol–water partition coefficient (Wildman–Crippen LogP) is 2.12. The normalized spacial score (nSPS) is 11.9. The van der Waals surface area contributed by atoms with Crippen molar-refractivity contribution in [3.8, 4) is 0 Å². The minimum atomic E-state index is -1.15. The van der Waals surface area contributed by atoms with Crippen molar-refractivity contribution in [2.75, 3.05) is 12.0 Å². The number of anilines is 1. The Morgan fingerprint density at radius 3 is 2.52 bits per heavy atom. The summed E-state index contributed by atoms with van der Waals surface area (Å²) in [4.78, 5) is 11.6. The van der Waals surface area contributed by atoms with Crippen molar-refractivity contribution in [2.24, 2.45) is 0 Å². The molecule has 2 aromatic carbocycles. The molecule has 0 heterocycles. The molecule has 0 aliphatic heterocycles. The van der Waals surface area contributed by atoms with E-state index in [4.69, 9.17) is 16.2 Å². The molecule has 0 bridgehead atoms. The Hall–Kier alpha value is -2.47. The van der Waals surface area contributed by atoms with Gasteiger partial charge in [0, 0.05) is 38.8 Å². The van der Waals surface area contributed by atoms with Gasteiger partial charge in [0.2, 0.25) is 0 Å². The molecule has 5 nitrogen and oxygen atoms in total. The molecular formula is C15H14N2O3S. The lowest BCUT2D eigenvalue weighted by molar-refractivity contribution is 0.0697. The van der Waals surface area contributed by atoms with Gasteiger partial charge in [0.15, 0.2) is 0 Å². The van der Waals surface area contributed by atoms with Gasteiger partial charge >= 0.3 is 5.97 Å². The summed E-state index contributed by atoms with van der Waals surface area (Å²) in [5.74, 6) is -1.08. The van der Waals surface area contributed by atoms with E-state index in [0.717, 1.165) is 0 Å². The highest BCUT2D eigenvalue weighted by Gasteiger charge is 2.13. The van der Waals surface area contributed by atoms with Crippen LogP contribution in [0.25, 0.3) is 0 Å². The number of carboxylic acid groups (broad SMARTS) is 1. The Morgan fingerprint density at radius 2 is 1.90 bits per heavy atom. The lowest BCUT2D eigenvalue weighted by atomic mass is 9.99. The minimum Gasteiger partial charge on any atom is -0.478 e. The molecule has 1 unspecified atom stereocenters. The standard InChI is InChI=1S/C15H14N2O3S/c1-21(20)11-4-2-3-9(7-11)14(17)12-8-10(15(18)19)5-6-13(12)16/h2-8,17H,16H2,1H3,(H,18,19). The summed E-state index contributed by atoms with van der Waals surface area (Å²) in [7, 11) is -1.15. The van der Waals surface area contributed by atoms with Crippen LogP contribution < -0.4 is 5.73 Å². The average molecular weight is 302 g/mol. The maximum atomic E-state index is 11.5. The average Bonchev–Trinajstić information content (AvgIpc) is 2.47. The zero-order valence-electron chi connectivity index (χ0n) is 11.3. The van der Waals surface area contributed by atoms with Gasteiger partial charge in [-0.15, -0.1) is 0 Å². The van der Waals surface area contributed by atoms with Crippen LogP contribution in [0.4, 0.5) is 5.69 Å². The first kappa shape index (κ1) is 14.9. The Labute approximate surface area is 124 Å². The van der Waals surface area contributed by atoms with Crippen molar-refractivity contribution in [1.82, 2.24) is 0 Å². The van der Waals surface area contributed by atoms with Crippen LogP contribution in [0.5, 0.6) is 0 Å². The molecule has 2 rings (SSSR count). The Kier molecular flexibility index (Phi) is 4.18. The molecule has 0 aromatic heterocycles. The first-order valence-corrected chi connectivity index (χ1v) is 7.61. The fraction of sp³-hybridized carbons (Fsp3) is 0.0667. The number of hydrogen-bond acceptors (Lipinski definition) is 4. The largest absolute Gasteiger partial charge is 0.478 e. The van der Waals surface area contributed by atoms with Gasteiger partial charge in [-0.1, -0.05) is 12.1 Å². The van der Waals surface area contributed by atoms with E-state index in [2.05, 4.69) is 0 Å². The van der Waals surface area contributed by atoms with E-state index in [1.54, 1.807) is 30.5 Å². The summed E-state index contributed by atoms with van der Waals surface area (Å²) in [5.41, 5.74) is 7.21. The molecule has 0 aliphatic rings. The van der Waals surface area contributed by atoms with Crippen molar-refractivity contribution in [3.05, 3.63) is 59.2 Å². The van der Waals surface area contributed by atoms with Crippen LogP contribution in [0.2, 0.25) is 0 Å². The number of nitrogens with one attached hydrogen (secondary N) is 1. The van der Waals surface area contributed by atoms with Gasteiger partial charge in [0.1, 0.15) is 0 Å². The summed E-state index contributed by atoms with van der Waals surface area (Å²) < 4.78 is 11.5. The number of carboxylic acids is 1. The van der Waals surface area contributed by atoms with Crippen molar-refractivity contribution >= 4 is 28.2 Å². The first-order chi connectivity index (χ1) is 9.90. The third kappa shape index (κ3) is 3.17. The van der Waals surface area contributed by atoms with E-state index in [1.807, 2.05) is 0 Å². The van der Waals surface area contributed by atoms with Gasteiger partial charge in [0.05, 0.1) is 11.3 Å². The van der Waals surface area contributed by atoms with Gasteiger partial charge in [-0.3, -0.25) is 9.62 Å². The third-order valence-electron chi connectivity index (χ3n) is 3.02. The van der Waals surface area contributed by atoms with Crippen LogP contribution in [-0.4, -0.2) is 27.3 Å². The molecule has 0 radical (unpaired) electrons. The van der Waals surface area contributed by atoms with Gasteiger partial charge < -0.3 is 10.8 Å². The van der Waals surface area contributed by atoms with Gasteiger partial charge in [0.25, 0.3) is 0 Å². The second-order valence-corrected chi connectivity index (χ2v) is 5.84. The molecule has 0 spiro atoms. The molecule has 6 heteroatoms. The monoisotopic (exact) mass is 302 g/mol. The van der Waals surface area contributed by atoms with Crippen LogP contribution >= 0.6 is 0 Å². The summed E-state index contributed by atoms with van der Waals surface area (Å²) in [5, 5.41) is 17.2. The molecule has 0 amide bonds. The molecule has 0 fully saturated rings. The first-order valence-electron chi connectivity index (χ1n) is 6.05. The van der Waals surface area contributed by atoms with Crippen LogP contribution in [-0.2, 0) is 10.8 Å². The van der Waals surface area contributed by atoms with E-state index in [-0.39, 0.29) is 11.3 Å².